The third-order valence-electron chi connectivity index (χ3n) is 2.97. The van der Waals surface area contributed by atoms with Gasteiger partial charge in [-0.3, -0.25) is 0 Å². The molecule has 0 rings (SSSR count). The maximum atomic E-state index is 12.2. The van der Waals surface area contributed by atoms with Crippen LogP contribution in [0.5, 0.6) is 0 Å². The van der Waals surface area contributed by atoms with Crippen molar-refractivity contribution in [1.82, 2.24) is 10.6 Å². The Bertz CT molecular complexity index is 499. The molecule has 0 aromatic rings. The third kappa shape index (κ3) is 11.1. The first-order valence-corrected chi connectivity index (χ1v) is 8.93. The molecular weight excluding hydrogens is 356 g/mol. The predicted molar refractivity (Wildman–Crippen MR) is 98.0 cm³/mol. The fourth-order valence-electron chi connectivity index (χ4n) is 1.80. The summed E-state index contributed by atoms with van der Waals surface area (Å²) in [7, 11) is 0. The number of nitrogens with one attached hydrogen (secondary N) is 2. The Kier molecular flexibility index (Phi) is 9.26. The lowest BCUT2D eigenvalue weighted by Gasteiger charge is -2.23. The van der Waals surface area contributed by atoms with Crippen LogP contribution < -0.4 is 10.6 Å². The van der Waals surface area contributed by atoms with E-state index in [1.54, 1.807) is 55.4 Å². The first-order chi connectivity index (χ1) is 12.2. The van der Waals surface area contributed by atoms with Gasteiger partial charge >= 0.3 is 24.1 Å². The van der Waals surface area contributed by atoms with Crippen LogP contribution in [0.3, 0.4) is 0 Å². The summed E-state index contributed by atoms with van der Waals surface area (Å²) in [6.07, 6.45) is -1.20. The smallest absolute Gasteiger partial charge is 0.408 e. The van der Waals surface area contributed by atoms with E-state index in [1.807, 2.05) is 0 Å². The second-order valence-corrected chi connectivity index (χ2v) is 7.95. The molecule has 0 radical (unpaired) electrons. The number of carbonyl (C=O) groups is 4. The molecule has 0 fully saturated rings. The summed E-state index contributed by atoms with van der Waals surface area (Å²) in [5, 5.41) is 4.71. The Morgan fingerprint density at radius 3 is 1.22 bits per heavy atom. The number of hydrogen-bond acceptors (Lipinski definition) is 7. The normalized spacial score (nSPS) is 13.8. The Hall–Kier alpha value is -2.32. The Morgan fingerprint density at radius 2 is 1.00 bits per heavy atom. The SMILES string of the molecule is CC[C@@H](NC(=O)OC(C)(C)C)C(=O)OC(=O)[C@@H](CC)NC(=O)OC(C)(C)C. The van der Waals surface area contributed by atoms with Crippen LogP contribution in [0.4, 0.5) is 9.59 Å². The van der Waals surface area contributed by atoms with Gasteiger partial charge in [0.2, 0.25) is 0 Å². The summed E-state index contributed by atoms with van der Waals surface area (Å²) in [5.74, 6) is -1.87. The van der Waals surface area contributed by atoms with Crippen LogP contribution in [0.1, 0.15) is 68.2 Å². The lowest BCUT2D eigenvalue weighted by molar-refractivity contribution is -0.162. The predicted octanol–water partition coefficient (Wildman–Crippen LogP) is 2.66. The van der Waals surface area contributed by atoms with E-state index in [-0.39, 0.29) is 12.8 Å². The van der Waals surface area contributed by atoms with E-state index in [9.17, 15) is 19.2 Å². The Morgan fingerprint density at radius 1 is 0.704 bits per heavy atom. The van der Waals surface area contributed by atoms with Crippen LogP contribution in [0.2, 0.25) is 0 Å². The average Bonchev–Trinajstić information content (AvgIpc) is 2.46. The molecule has 0 aromatic carbocycles. The molecule has 0 heterocycles. The number of ether oxygens (including phenoxy) is 3. The van der Waals surface area contributed by atoms with Crippen molar-refractivity contribution in [2.24, 2.45) is 0 Å². The van der Waals surface area contributed by atoms with Crippen LogP contribution >= 0.6 is 0 Å². The molecule has 0 saturated heterocycles. The van der Waals surface area contributed by atoms with Crippen LogP contribution in [0.25, 0.3) is 0 Å². The van der Waals surface area contributed by atoms with Crippen LogP contribution in [0.15, 0.2) is 0 Å². The lowest BCUT2D eigenvalue weighted by atomic mass is 10.2. The molecule has 2 N–H and O–H groups in total. The van der Waals surface area contributed by atoms with Crippen LogP contribution in [-0.4, -0.2) is 47.4 Å². The minimum atomic E-state index is -1.05. The standard InChI is InChI=1S/C18H32N2O7/c1-9-11(19-15(23)26-17(3,4)5)13(21)25-14(22)12(10-2)20-16(24)27-18(6,7)8/h11-12H,9-10H2,1-8H3,(H,19,23)(H,20,24)/t11-,12-/m1/s1. The highest BCUT2D eigenvalue weighted by Crippen LogP contribution is 2.09. The van der Waals surface area contributed by atoms with Crippen molar-refractivity contribution in [2.45, 2.75) is 91.5 Å². The number of esters is 2. The first kappa shape index (κ1) is 24.7. The van der Waals surface area contributed by atoms with E-state index in [4.69, 9.17) is 14.2 Å². The highest BCUT2D eigenvalue weighted by Gasteiger charge is 2.30. The number of alkyl carbamates (subject to hydrolysis) is 2. The molecule has 0 saturated carbocycles. The maximum Gasteiger partial charge on any atom is 0.408 e. The van der Waals surface area contributed by atoms with Crippen molar-refractivity contribution >= 4 is 24.1 Å². The van der Waals surface area contributed by atoms with E-state index in [2.05, 4.69) is 10.6 Å². The topological polar surface area (TPSA) is 120 Å². The summed E-state index contributed by atoms with van der Waals surface area (Å²) in [5.41, 5.74) is -1.46. The molecule has 0 aliphatic heterocycles. The Labute approximate surface area is 160 Å². The first-order valence-electron chi connectivity index (χ1n) is 8.93. The number of amides is 2. The molecule has 0 aliphatic carbocycles. The number of rotatable bonds is 6. The molecule has 156 valence electrons. The highest BCUT2D eigenvalue weighted by atomic mass is 16.6. The molecule has 2 atom stereocenters. The fourth-order valence-corrected chi connectivity index (χ4v) is 1.80. The van der Waals surface area contributed by atoms with Gasteiger partial charge in [0, 0.05) is 0 Å². The van der Waals surface area contributed by atoms with Gasteiger partial charge in [0.05, 0.1) is 0 Å². The van der Waals surface area contributed by atoms with Gasteiger partial charge in [-0.1, -0.05) is 13.8 Å². The van der Waals surface area contributed by atoms with Gasteiger partial charge in [-0.25, -0.2) is 19.2 Å². The number of carbonyl (C=O) groups excluding carboxylic acids is 4. The molecule has 2 amide bonds. The van der Waals surface area contributed by atoms with E-state index in [0.717, 1.165) is 0 Å². The zero-order valence-electron chi connectivity index (χ0n) is 17.4. The van der Waals surface area contributed by atoms with Gasteiger partial charge in [-0.15, -0.1) is 0 Å². The minimum Gasteiger partial charge on any atom is -0.444 e. The fraction of sp³-hybridized carbons (Fsp3) is 0.778. The Balaban J connectivity index is 4.79. The van der Waals surface area contributed by atoms with Crippen molar-refractivity contribution in [2.75, 3.05) is 0 Å². The summed E-state index contributed by atoms with van der Waals surface area (Å²) >= 11 is 0. The van der Waals surface area contributed by atoms with Gasteiger partial charge in [0.15, 0.2) is 0 Å². The van der Waals surface area contributed by atoms with Crippen molar-refractivity contribution in [3.05, 3.63) is 0 Å². The molecule has 0 unspecified atom stereocenters. The molecule has 0 aromatic heterocycles. The van der Waals surface area contributed by atoms with Gasteiger partial charge in [-0.05, 0) is 54.4 Å². The van der Waals surface area contributed by atoms with Gasteiger partial charge in [0.1, 0.15) is 23.3 Å². The third-order valence-corrected chi connectivity index (χ3v) is 2.97. The molecule has 9 nitrogen and oxygen atoms in total. The largest absolute Gasteiger partial charge is 0.444 e. The van der Waals surface area contributed by atoms with Gasteiger partial charge in [-0.2, -0.15) is 0 Å². The molecule has 0 spiro atoms. The van der Waals surface area contributed by atoms with Crippen molar-refractivity contribution in [3.63, 3.8) is 0 Å². The maximum absolute atomic E-state index is 12.2. The monoisotopic (exact) mass is 388 g/mol. The molecule has 9 heteroatoms. The molecule has 27 heavy (non-hydrogen) atoms. The minimum absolute atomic E-state index is 0.196. The lowest BCUT2D eigenvalue weighted by Crippen LogP contribution is -2.48. The number of hydrogen-bond donors (Lipinski definition) is 2. The molecule has 0 bridgehead atoms. The second kappa shape index (κ2) is 10.1. The van der Waals surface area contributed by atoms with Crippen molar-refractivity contribution < 1.29 is 33.4 Å². The van der Waals surface area contributed by atoms with E-state index in [1.165, 1.54) is 0 Å². The van der Waals surface area contributed by atoms with Gasteiger partial charge in [0.25, 0.3) is 0 Å². The zero-order valence-corrected chi connectivity index (χ0v) is 17.4. The van der Waals surface area contributed by atoms with Gasteiger partial charge < -0.3 is 24.8 Å². The van der Waals surface area contributed by atoms with E-state index < -0.39 is 47.4 Å². The molecule has 0 aliphatic rings. The average molecular weight is 388 g/mol. The summed E-state index contributed by atoms with van der Waals surface area (Å²) in [4.78, 5) is 47.9. The van der Waals surface area contributed by atoms with E-state index >= 15 is 0 Å². The summed E-state index contributed by atoms with van der Waals surface area (Å²) in [6, 6.07) is -2.11. The van der Waals surface area contributed by atoms with Crippen molar-refractivity contribution in [3.8, 4) is 0 Å². The van der Waals surface area contributed by atoms with Crippen molar-refractivity contribution in [1.29, 1.82) is 0 Å². The van der Waals surface area contributed by atoms with Crippen LogP contribution in [-0.2, 0) is 23.8 Å². The van der Waals surface area contributed by atoms with E-state index in [0.29, 0.717) is 0 Å². The second-order valence-electron chi connectivity index (χ2n) is 7.95. The summed E-state index contributed by atoms with van der Waals surface area (Å²) in [6.45, 7) is 13.4. The quantitative estimate of drug-likeness (QED) is 0.408. The summed E-state index contributed by atoms with van der Waals surface area (Å²) < 4.78 is 15.0. The zero-order chi connectivity index (χ0) is 21.4. The highest BCUT2D eigenvalue weighted by molar-refractivity contribution is 5.93. The van der Waals surface area contributed by atoms with Crippen LogP contribution in [0, 0.1) is 0 Å². The molecular formula is C18H32N2O7.